The highest BCUT2D eigenvalue weighted by Gasteiger charge is 1.88. The van der Waals surface area contributed by atoms with Crippen molar-refractivity contribution in [2.45, 2.75) is 13.8 Å². The molecule has 0 unspecified atom stereocenters. The average molecular weight is 187 g/mol. The summed E-state index contributed by atoms with van der Waals surface area (Å²) < 4.78 is 0. The lowest BCUT2D eigenvalue weighted by molar-refractivity contribution is -0.115. The average Bonchev–Trinajstić information content (AvgIpc) is 2.16. The van der Waals surface area contributed by atoms with Crippen molar-refractivity contribution in [2.24, 2.45) is 4.99 Å². The van der Waals surface area contributed by atoms with Crippen LogP contribution in [0.4, 0.5) is 0 Å². The van der Waals surface area contributed by atoms with E-state index < -0.39 is 0 Å². The molecule has 2 heteroatoms. The van der Waals surface area contributed by atoms with E-state index in [0.29, 0.717) is 0 Å². The van der Waals surface area contributed by atoms with Gasteiger partial charge in [-0.15, -0.1) is 0 Å². The summed E-state index contributed by atoms with van der Waals surface area (Å²) in [5.74, 6) is -0.175. The van der Waals surface area contributed by atoms with Gasteiger partial charge in [0, 0.05) is 13.1 Å². The van der Waals surface area contributed by atoms with Gasteiger partial charge in [-0.25, -0.2) is 4.99 Å². The first-order valence-corrected chi connectivity index (χ1v) is 4.46. The minimum atomic E-state index is -0.175. The second-order valence-electron chi connectivity index (χ2n) is 3.08. The number of benzene rings is 1. The Kier molecular flexibility index (Phi) is 3.80. The molecule has 0 N–H and O–H groups in total. The van der Waals surface area contributed by atoms with Crippen LogP contribution in [0.15, 0.2) is 40.9 Å². The number of carbonyl (C=O) groups excluding carboxylic acids is 1. The zero-order chi connectivity index (χ0) is 10.4. The quantitative estimate of drug-likeness (QED) is 0.654. The number of carbonyl (C=O) groups is 1. The normalized spacial score (nSPS) is 12.0. The third kappa shape index (κ3) is 3.81. The summed E-state index contributed by atoms with van der Waals surface area (Å²) in [6, 6.07) is 9.93. The molecule has 1 amide bonds. The second kappa shape index (κ2) is 5.12. The van der Waals surface area contributed by atoms with E-state index in [1.54, 1.807) is 6.21 Å². The van der Waals surface area contributed by atoms with Gasteiger partial charge in [-0.05, 0) is 18.1 Å². The van der Waals surface area contributed by atoms with E-state index in [2.05, 4.69) is 4.99 Å². The number of hydrogen-bond acceptors (Lipinski definition) is 1. The van der Waals surface area contributed by atoms with Gasteiger partial charge >= 0.3 is 0 Å². The number of amides is 1. The molecule has 0 aliphatic rings. The van der Waals surface area contributed by atoms with Crippen LogP contribution in [-0.2, 0) is 4.79 Å². The zero-order valence-electron chi connectivity index (χ0n) is 8.40. The topological polar surface area (TPSA) is 29.4 Å². The first-order chi connectivity index (χ1) is 6.68. The Balaban J connectivity index is 2.74. The standard InChI is InChI=1S/C12H13NO/c1-10(9-13-11(2)14)8-12-6-4-3-5-7-12/h3-9H,1-2H3/b10-8+,13-9?. The van der Waals surface area contributed by atoms with Gasteiger partial charge < -0.3 is 0 Å². The van der Waals surface area contributed by atoms with Gasteiger partial charge in [0.25, 0.3) is 0 Å². The van der Waals surface area contributed by atoms with E-state index in [-0.39, 0.29) is 5.91 Å². The molecule has 0 saturated carbocycles. The highest BCUT2D eigenvalue weighted by atomic mass is 16.1. The van der Waals surface area contributed by atoms with E-state index >= 15 is 0 Å². The van der Waals surface area contributed by atoms with Crippen LogP contribution in [0.5, 0.6) is 0 Å². The van der Waals surface area contributed by atoms with Crippen LogP contribution in [0.3, 0.4) is 0 Å². The van der Waals surface area contributed by atoms with Crippen LogP contribution in [-0.4, -0.2) is 12.1 Å². The molecule has 0 spiro atoms. The Bertz CT molecular complexity index is 363. The summed E-state index contributed by atoms with van der Waals surface area (Å²) in [5.41, 5.74) is 2.08. The van der Waals surface area contributed by atoms with Gasteiger partial charge in [-0.3, -0.25) is 4.79 Å². The van der Waals surface area contributed by atoms with Crippen LogP contribution in [0.1, 0.15) is 19.4 Å². The van der Waals surface area contributed by atoms with Crippen LogP contribution < -0.4 is 0 Å². The van der Waals surface area contributed by atoms with Gasteiger partial charge in [-0.2, -0.15) is 0 Å². The molecule has 0 aromatic heterocycles. The highest BCUT2D eigenvalue weighted by Crippen LogP contribution is 2.04. The first kappa shape index (κ1) is 10.4. The Morgan fingerprint density at radius 3 is 2.43 bits per heavy atom. The smallest absolute Gasteiger partial charge is 0.242 e. The largest absolute Gasteiger partial charge is 0.273 e. The zero-order valence-corrected chi connectivity index (χ0v) is 8.40. The van der Waals surface area contributed by atoms with Crippen molar-refractivity contribution in [3.63, 3.8) is 0 Å². The van der Waals surface area contributed by atoms with Crippen LogP contribution >= 0.6 is 0 Å². The van der Waals surface area contributed by atoms with E-state index in [9.17, 15) is 4.79 Å². The maximum Gasteiger partial charge on any atom is 0.242 e. The third-order valence-electron chi connectivity index (χ3n) is 1.64. The molecule has 0 aliphatic heterocycles. The third-order valence-corrected chi connectivity index (χ3v) is 1.64. The lowest BCUT2D eigenvalue weighted by Crippen LogP contribution is -1.85. The van der Waals surface area contributed by atoms with E-state index in [0.717, 1.165) is 11.1 Å². The summed E-state index contributed by atoms with van der Waals surface area (Å²) in [7, 11) is 0. The predicted molar refractivity (Wildman–Crippen MR) is 59.3 cm³/mol. The molecule has 2 nitrogen and oxygen atoms in total. The fourth-order valence-electron chi connectivity index (χ4n) is 1.04. The van der Waals surface area contributed by atoms with Gasteiger partial charge in [0.1, 0.15) is 0 Å². The molecule has 1 rings (SSSR count). The summed E-state index contributed by atoms with van der Waals surface area (Å²) >= 11 is 0. The molecule has 0 fully saturated rings. The van der Waals surface area contributed by atoms with Gasteiger partial charge in [0.2, 0.25) is 5.91 Å². The lowest BCUT2D eigenvalue weighted by Gasteiger charge is -1.93. The molecule has 1 aromatic carbocycles. The predicted octanol–water partition coefficient (Wildman–Crippen LogP) is 2.71. The number of aliphatic imine (C=N–C) groups is 1. The van der Waals surface area contributed by atoms with Gasteiger partial charge in [0.05, 0.1) is 0 Å². The molecular formula is C12H13NO. The Labute approximate surface area is 84.0 Å². The molecule has 0 aliphatic carbocycles. The Morgan fingerprint density at radius 2 is 1.86 bits per heavy atom. The molecule has 0 saturated heterocycles. The van der Waals surface area contributed by atoms with E-state index in [4.69, 9.17) is 0 Å². The molecular weight excluding hydrogens is 174 g/mol. The van der Waals surface area contributed by atoms with Crippen LogP contribution in [0.2, 0.25) is 0 Å². The van der Waals surface area contributed by atoms with E-state index in [1.807, 2.05) is 43.3 Å². The molecule has 1 aromatic rings. The van der Waals surface area contributed by atoms with Crippen molar-refractivity contribution in [2.75, 3.05) is 0 Å². The fraction of sp³-hybridized carbons (Fsp3) is 0.167. The Morgan fingerprint density at radius 1 is 1.21 bits per heavy atom. The van der Waals surface area contributed by atoms with Crippen molar-refractivity contribution >= 4 is 18.2 Å². The maximum atomic E-state index is 10.6. The minimum Gasteiger partial charge on any atom is -0.273 e. The molecule has 0 heterocycles. The minimum absolute atomic E-state index is 0.175. The SMILES string of the molecule is CC(=O)N=C/C(C)=C/c1ccccc1. The summed E-state index contributed by atoms with van der Waals surface area (Å²) in [6.07, 6.45) is 3.56. The van der Waals surface area contributed by atoms with Gasteiger partial charge in [-0.1, -0.05) is 36.4 Å². The van der Waals surface area contributed by atoms with Crippen LogP contribution in [0.25, 0.3) is 6.08 Å². The summed E-state index contributed by atoms with van der Waals surface area (Å²) in [6.45, 7) is 3.35. The van der Waals surface area contributed by atoms with Crippen molar-refractivity contribution in [3.05, 3.63) is 41.5 Å². The molecule has 0 radical (unpaired) electrons. The summed E-state index contributed by atoms with van der Waals surface area (Å²) in [4.78, 5) is 14.3. The monoisotopic (exact) mass is 187 g/mol. The maximum absolute atomic E-state index is 10.6. The fourth-order valence-corrected chi connectivity index (χ4v) is 1.04. The molecule has 0 atom stereocenters. The lowest BCUT2D eigenvalue weighted by atomic mass is 10.1. The van der Waals surface area contributed by atoms with E-state index in [1.165, 1.54) is 6.92 Å². The van der Waals surface area contributed by atoms with Crippen molar-refractivity contribution in [1.82, 2.24) is 0 Å². The van der Waals surface area contributed by atoms with Crippen molar-refractivity contribution in [1.29, 1.82) is 0 Å². The van der Waals surface area contributed by atoms with Gasteiger partial charge in [0.15, 0.2) is 0 Å². The number of hydrogen-bond donors (Lipinski definition) is 0. The number of nitrogens with zero attached hydrogens (tertiary/aromatic N) is 1. The van der Waals surface area contributed by atoms with Crippen molar-refractivity contribution < 1.29 is 4.79 Å². The number of rotatable bonds is 2. The second-order valence-corrected chi connectivity index (χ2v) is 3.08. The molecule has 0 bridgehead atoms. The molecule has 72 valence electrons. The highest BCUT2D eigenvalue weighted by molar-refractivity contribution is 5.93. The first-order valence-electron chi connectivity index (χ1n) is 4.46. The van der Waals surface area contributed by atoms with Crippen molar-refractivity contribution in [3.8, 4) is 0 Å². The van der Waals surface area contributed by atoms with Crippen LogP contribution in [0, 0.1) is 0 Å². The Hall–Kier alpha value is -1.70. The summed E-state index contributed by atoms with van der Waals surface area (Å²) in [5, 5.41) is 0. The molecule has 14 heavy (non-hydrogen) atoms. The number of allylic oxidation sites excluding steroid dienone is 1.